The SMILES string of the molecule is CC(C)(C)/C(=N\O)n1nnc2ccccc21. The highest BCUT2D eigenvalue weighted by Crippen LogP contribution is 2.20. The molecule has 0 radical (unpaired) electrons. The number of para-hydroxylation sites is 1. The van der Waals surface area contributed by atoms with E-state index in [1.54, 1.807) is 4.68 Å². The fraction of sp³-hybridized carbons (Fsp3) is 0.364. The molecule has 84 valence electrons. The van der Waals surface area contributed by atoms with Crippen LogP contribution >= 0.6 is 0 Å². The van der Waals surface area contributed by atoms with Crippen LogP contribution in [-0.2, 0) is 0 Å². The third-order valence-corrected chi connectivity index (χ3v) is 2.32. The van der Waals surface area contributed by atoms with E-state index in [2.05, 4.69) is 15.5 Å². The highest BCUT2D eigenvalue weighted by atomic mass is 16.4. The Labute approximate surface area is 93.4 Å². The fourth-order valence-corrected chi connectivity index (χ4v) is 1.54. The van der Waals surface area contributed by atoms with Gasteiger partial charge in [0.1, 0.15) is 5.52 Å². The Morgan fingerprint density at radius 1 is 1.31 bits per heavy atom. The zero-order valence-corrected chi connectivity index (χ0v) is 9.55. The van der Waals surface area contributed by atoms with Crippen LogP contribution in [0, 0.1) is 5.41 Å². The summed E-state index contributed by atoms with van der Waals surface area (Å²) in [6, 6.07) is 7.57. The lowest BCUT2D eigenvalue weighted by molar-refractivity contribution is 0.306. The molecule has 0 aliphatic rings. The molecule has 0 unspecified atom stereocenters. The molecule has 2 rings (SSSR count). The first-order chi connectivity index (χ1) is 7.54. The molecule has 5 nitrogen and oxygen atoms in total. The zero-order chi connectivity index (χ0) is 11.8. The van der Waals surface area contributed by atoms with Crippen molar-refractivity contribution in [1.29, 1.82) is 0 Å². The van der Waals surface area contributed by atoms with Gasteiger partial charge in [0.15, 0.2) is 5.84 Å². The Bertz CT molecular complexity index is 536. The molecule has 16 heavy (non-hydrogen) atoms. The summed E-state index contributed by atoms with van der Waals surface area (Å²) in [5, 5.41) is 20.5. The quantitative estimate of drug-likeness (QED) is 0.319. The van der Waals surface area contributed by atoms with Gasteiger partial charge in [0.25, 0.3) is 0 Å². The minimum absolute atomic E-state index is 0.300. The lowest BCUT2D eigenvalue weighted by Gasteiger charge is -2.19. The van der Waals surface area contributed by atoms with Gasteiger partial charge in [0.05, 0.1) is 5.52 Å². The summed E-state index contributed by atoms with van der Waals surface area (Å²) in [5.74, 6) is 0.473. The average Bonchev–Trinajstić information content (AvgIpc) is 2.61. The Balaban J connectivity index is 2.64. The highest BCUT2D eigenvalue weighted by Gasteiger charge is 2.24. The molecule has 0 amide bonds. The van der Waals surface area contributed by atoms with Crippen LogP contribution < -0.4 is 0 Å². The maximum atomic E-state index is 9.09. The van der Waals surface area contributed by atoms with E-state index in [1.807, 2.05) is 45.0 Å². The van der Waals surface area contributed by atoms with E-state index in [0.29, 0.717) is 5.84 Å². The van der Waals surface area contributed by atoms with E-state index in [-0.39, 0.29) is 5.41 Å². The summed E-state index contributed by atoms with van der Waals surface area (Å²) in [4.78, 5) is 0. The van der Waals surface area contributed by atoms with E-state index < -0.39 is 0 Å². The molecule has 0 saturated carbocycles. The van der Waals surface area contributed by atoms with Gasteiger partial charge in [0, 0.05) is 5.41 Å². The van der Waals surface area contributed by atoms with Crippen molar-refractivity contribution >= 4 is 16.9 Å². The predicted molar refractivity (Wildman–Crippen MR) is 61.6 cm³/mol. The molecule has 2 aromatic rings. The van der Waals surface area contributed by atoms with Gasteiger partial charge in [-0.05, 0) is 12.1 Å². The number of hydrogen-bond donors (Lipinski definition) is 1. The lowest BCUT2D eigenvalue weighted by Crippen LogP contribution is -2.28. The summed E-state index contributed by atoms with van der Waals surface area (Å²) in [7, 11) is 0. The molecule has 0 bridgehead atoms. The molecule has 1 heterocycles. The van der Waals surface area contributed by atoms with E-state index in [1.165, 1.54) is 0 Å². The molecule has 0 saturated heterocycles. The second kappa shape index (κ2) is 3.59. The fourth-order valence-electron chi connectivity index (χ4n) is 1.54. The molecule has 0 atom stereocenters. The van der Waals surface area contributed by atoms with Crippen molar-refractivity contribution in [2.75, 3.05) is 0 Å². The summed E-state index contributed by atoms with van der Waals surface area (Å²) in [6.45, 7) is 5.87. The van der Waals surface area contributed by atoms with Crippen LogP contribution in [0.1, 0.15) is 20.8 Å². The summed E-state index contributed by atoms with van der Waals surface area (Å²) in [5.41, 5.74) is 1.32. The highest BCUT2D eigenvalue weighted by molar-refractivity contribution is 5.94. The summed E-state index contributed by atoms with van der Waals surface area (Å²) >= 11 is 0. The zero-order valence-electron chi connectivity index (χ0n) is 9.55. The molecule has 1 N–H and O–H groups in total. The van der Waals surface area contributed by atoms with E-state index in [9.17, 15) is 0 Å². The van der Waals surface area contributed by atoms with Crippen molar-refractivity contribution in [3.8, 4) is 0 Å². The molecule has 0 fully saturated rings. The van der Waals surface area contributed by atoms with E-state index in [0.717, 1.165) is 11.0 Å². The number of hydrogen-bond acceptors (Lipinski definition) is 4. The van der Waals surface area contributed by atoms with Crippen LogP contribution in [0.2, 0.25) is 0 Å². The van der Waals surface area contributed by atoms with Crippen LogP contribution in [0.15, 0.2) is 29.4 Å². The van der Waals surface area contributed by atoms with Crippen LogP contribution in [0.25, 0.3) is 11.0 Å². The number of aromatic nitrogens is 3. The molecule has 0 aliphatic carbocycles. The number of nitrogens with zero attached hydrogens (tertiary/aromatic N) is 4. The Kier molecular flexibility index (Phi) is 2.38. The molecule has 5 heteroatoms. The maximum Gasteiger partial charge on any atom is 0.176 e. The van der Waals surface area contributed by atoms with E-state index in [4.69, 9.17) is 5.21 Å². The summed E-state index contributed by atoms with van der Waals surface area (Å²) in [6.07, 6.45) is 0. The van der Waals surface area contributed by atoms with Gasteiger partial charge in [-0.3, -0.25) is 0 Å². The van der Waals surface area contributed by atoms with E-state index >= 15 is 0 Å². The van der Waals surface area contributed by atoms with Gasteiger partial charge in [-0.25, -0.2) is 0 Å². The molecule has 1 aromatic heterocycles. The van der Waals surface area contributed by atoms with Crippen molar-refractivity contribution in [1.82, 2.24) is 15.0 Å². The van der Waals surface area contributed by atoms with Gasteiger partial charge in [-0.15, -0.1) is 5.10 Å². The third kappa shape index (κ3) is 1.64. The lowest BCUT2D eigenvalue weighted by atomic mass is 9.95. The van der Waals surface area contributed by atoms with Gasteiger partial charge in [0.2, 0.25) is 0 Å². The summed E-state index contributed by atoms with van der Waals surface area (Å²) < 4.78 is 1.56. The van der Waals surface area contributed by atoms with Crippen molar-refractivity contribution in [2.45, 2.75) is 20.8 Å². The first kappa shape index (κ1) is 10.6. The Morgan fingerprint density at radius 2 is 2.00 bits per heavy atom. The second-order valence-electron chi connectivity index (χ2n) is 4.66. The maximum absolute atomic E-state index is 9.09. The first-order valence-electron chi connectivity index (χ1n) is 5.07. The first-order valence-corrected chi connectivity index (χ1v) is 5.07. The van der Waals surface area contributed by atoms with Crippen molar-refractivity contribution < 1.29 is 5.21 Å². The minimum Gasteiger partial charge on any atom is -0.409 e. The molecule has 0 aliphatic heterocycles. The minimum atomic E-state index is -0.300. The topological polar surface area (TPSA) is 63.3 Å². The van der Waals surface area contributed by atoms with Crippen LogP contribution in [0.3, 0.4) is 0 Å². The number of oxime groups is 1. The average molecular weight is 218 g/mol. The molecule has 0 spiro atoms. The molecular formula is C11H14N4O. The van der Waals surface area contributed by atoms with Gasteiger partial charge < -0.3 is 5.21 Å². The molecular weight excluding hydrogens is 204 g/mol. The number of rotatable bonds is 0. The van der Waals surface area contributed by atoms with Crippen molar-refractivity contribution in [3.63, 3.8) is 0 Å². The number of fused-ring (bicyclic) bond motifs is 1. The monoisotopic (exact) mass is 218 g/mol. The third-order valence-electron chi connectivity index (χ3n) is 2.32. The second-order valence-corrected chi connectivity index (χ2v) is 4.66. The van der Waals surface area contributed by atoms with Crippen LogP contribution in [0.4, 0.5) is 0 Å². The largest absolute Gasteiger partial charge is 0.409 e. The van der Waals surface area contributed by atoms with Gasteiger partial charge in [-0.1, -0.05) is 43.3 Å². The number of benzene rings is 1. The normalized spacial score (nSPS) is 13.3. The van der Waals surface area contributed by atoms with Gasteiger partial charge in [-0.2, -0.15) is 4.68 Å². The van der Waals surface area contributed by atoms with Crippen molar-refractivity contribution in [3.05, 3.63) is 24.3 Å². The molecule has 1 aromatic carbocycles. The van der Waals surface area contributed by atoms with Crippen LogP contribution in [0.5, 0.6) is 0 Å². The van der Waals surface area contributed by atoms with Crippen molar-refractivity contribution in [2.24, 2.45) is 10.6 Å². The van der Waals surface area contributed by atoms with Gasteiger partial charge >= 0.3 is 0 Å². The van der Waals surface area contributed by atoms with Crippen LogP contribution in [-0.4, -0.2) is 26.0 Å². The standard InChI is InChI=1S/C11H14N4O/c1-11(2,3)10(13-16)15-9-7-5-4-6-8(9)12-14-15/h4-7,16H,1-3H3/b13-10+. The predicted octanol–water partition coefficient (Wildman–Crippen LogP) is 2.11. The Hall–Kier alpha value is -1.91. The smallest absolute Gasteiger partial charge is 0.176 e. The Morgan fingerprint density at radius 3 is 2.62 bits per heavy atom.